The Bertz CT molecular complexity index is 441. The molecule has 0 radical (unpaired) electrons. The lowest BCUT2D eigenvalue weighted by Gasteiger charge is -2.37. The minimum absolute atomic E-state index is 0.00144. The van der Waals surface area contributed by atoms with E-state index in [0.29, 0.717) is 5.96 Å². The molecule has 0 aromatic heterocycles. The minimum atomic E-state index is 0.00144. The Morgan fingerprint density at radius 3 is 2.63 bits per heavy atom. The molecule has 1 aromatic carbocycles. The van der Waals surface area contributed by atoms with Gasteiger partial charge in [0.25, 0.3) is 0 Å². The molecule has 0 spiro atoms. The Hall–Kier alpha value is -1.55. The first-order valence-electron chi connectivity index (χ1n) is 6.77. The molecule has 0 saturated carbocycles. The first-order chi connectivity index (χ1) is 9.01. The smallest absolute Gasteiger partial charge is 0.191 e. The van der Waals surface area contributed by atoms with Crippen molar-refractivity contribution in [3.63, 3.8) is 0 Å². The summed E-state index contributed by atoms with van der Waals surface area (Å²) in [6.07, 6.45) is 0.978. The van der Waals surface area contributed by atoms with Gasteiger partial charge in [-0.1, -0.05) is 30.3 Å². The molecule has 1 unspecified atom stereocenters. The zero-order valence-corrected chi connectivity index (χ0v) is 12.1. The van der Waals surface area contributed by atoms with E-state index in [2.05, 4.69) is 66.1 Å². The maximum absolute atomic E-state index is 6.05. The number of benzene rings is 1. The minimum Gasteiger partial charge on any atom is -0.370 e. The van der Waals surface area contributed by atoms with Gasteiger partial charge in [-0.2, -0.15) is 0 Å². The fraction of sp³-hybridized carbons (Fsp3) is 0.533. The fourth-order valence-corrected chi connectivity index (χ4v) is 2.57. The highest BCUT2D eigenvalue weighted by atomic mass is 15.4. The highest BCUT2D eigenvalue weighted by molar-refractivity contribution is 5.81. The van der Waals surface area contributed by atoms with Crippen molar-refractivity contribution in [2.75, 3.05) is 33.7 Å². The third kappa shape index (κ3) is 3.26. The topological polar surface area (TPSA) is 44.9 Å². The van der Waals surface area contributed by atoms with Gasteiger partial charge in [-0.3, -0.25) is 4.99 Å². The number of aliphatic imine (C=N–C) groups is 1. The summed E-state index contributed by atoms with van der Waals surface area (Å²) in [5.41, 5.74) is 7.39. The zero-order chi connectivity index (χ0) is 13.9. The molecule has 1 heterocycles. The second kappa shape index (κ2) is 5.61. The highest BCUT2D eigenvalue weighted by Crippen LogP contribution is 2.25. The molecule has 1 atom stereocenters. The van der Waals surface area contributed by atoms with Crippen LogP contribution in [0.3, 0.4) is 0 Å². The summed E-state index contributed by atoms with van der Waals surface area (Å²) in [5.74, 6) is 0.681. The average Bonchev–Trinajstić information content (AvgIpc) is 2.64. The molecule has 0 fully saturated rings. The molecule has 1 aromatic rings. The van der Waals surface area contributed by atoms with Crippen molar-refractivity contribution in [1.82, 2.24) is 9.80 Å². The molecule has 4 heteroatoms. The largest absolute Gasteiger partial charge is 0.370 e. The first kappa shape index (κ1) is 13.9. The SMILES string of the molecule is CN(C)CCN1C(N)=NCC1(C)Cc1ccccc1. The van der Waals surface area contributed by atoms with Crippen LogP contribution in [0, 0.1) is 0 Å². The van der Waals surface area contributed by atoms with Crippen molar-refractivity contribution in [1.29, 1.82) is 0 Å². The number of nitrogens with zero attached hydrogens (tertiary/aromatic N) is 3. The Morgan fingerprint density at radius 1 is 1.32 bits per heavy atom. The molecule has 1 aliphatic heterocycles. The van der Waals surface area contributed by atoms with E-state index in [1.807, 2.05) is 0 Å². The van der Waals surface area contributed by atoms with Crippen molar-refractivity contribution in [3.8, 4) is 0 Å². The number of hydrogen-bond donors (Lipinski definition) is 1. The second-order valence-electron chi connectivity index (χ2n) is 5.79. The quantitative estimate of drug-likeness (QED) is 0.864. The van der Waals surface area contributed by atoms with Gasteiger partial charge in [0.05, 0.1) is 12.1 Å². The lowest BCUT2D eigenvalue weighted by molar-refractivity contribution is 0.202. The molecule has 19 heavy (non-hydrogen) atoms. The lowest BCUT2D eigenvalue weighted by atomic mass is 9.92. The van der Waals surface area contributed by atoms with Crippen LogP contribution in [0.1, 0.15) is 12.5 Å². The summed E-state index contributed by atoms with van der Waals surface area (Å²) < 4.78 is 0. The normalized spacial score (nSPS) is 22.9. The van der Waals surface area contributed by atoms with Crippen LogP contribution in [0.4, 0.5) is 0 Å². The first-order valence-corrected chi connectivity index (χ1v) is 6.77. The molecule has 0 bridgehead atoms. The van der Waals surface area contributed by atoms with E-state index in [4.69, 9.17) is 5.73 Å². The van der Waals surface area contributed by atoms with E-state index in [1.165, 1.54) is 5.56 Å². The Morgan fingerprint density at radius 2 is 2.00 bits per heavy atom. The average molecular weight is 260 g/mol. The molecule has 2 N–H and O–H groups in total. The van der Waals surface area contributed by atoms with E-state index < -0.39 is 0 Å². The van der Waals surface area contributed by atoms with Crippen molar-refractivity contribution in [3.05, 3.63) is 35.9 Å². The van der Waals surface area contributed by atoms with Gasteiger partial charge in [0.2, 0.25) is 0 Å². The standard InChI is InChI=1S/C15H24N4/c1-15(11-13-7-5-4-6-8-13)12-17-14(16)19(15)10-9-18(2)3/h4-8H,9-12H2,1-3H3,(H2,16,17). The van der Waals surface area contributed by atoms with Gasteiger partial charge < -0.3 is 15.5 Å². The molecule has 0 aliphatic carbocycles. The van der Waals surface area contributed by atoms with Crippen molar-refractivity contribution in [2.45, 2.75) is 18.9 Å². The molecular weight excluding hydrogens is 236 g/mol. The Kier molecular flexibility index (Phi) is 4.10. The van der Waals surface area contributed by atoms with Crippen LogP contribution in [-0.4, -0.2) is 55.0 Å². The Labute approximate surface area is 115 Å². The second-order valence-corrected chi connectivity index (χ2v) is 5.79. The number of guanidine groups is 1. The van der Waals surface area contributed by atoms with Gasteiger partial charge in [0.1, 0.15) is 0 Å². The van der Waals surface area contributed by atoms with Crippen molar-refractivity contribution < 1.29 is 0 Å². The van der Waals surface area contributed by atoms with Gasteiger partial charge in [-0.05, 0) is 33.0 Å². The summed E-state index contributed by atoms with van der Waals surface area (Å²) in [6, 6.07) is 10.6. The van der Waals surface area contributed by atoms with Crippen LogP contribution in [0.5, 0.6) is 0 Å². The Balaban J connectivity index is 2.08. The molecule has 104 valence electrons. The van der Waals surface area contributed by atoms with E-state index in [-0.39, 0.29) is 5.54 Å². The van der Waals surface area contributed by atoms with Crippen LogP contribution < -0.4 is 5.73 Å². The maximum Gasteiger partial charge on any atom is 0.191 e. The number of nitrogens with two attached hydrogens (primary N) is 1. The van der Waals surface area contributed by atoms with Gasteiger partial charge in [-0.25, -0.2) is 0 Å². The number of rotatable bonds is 5. The summed E-state index contributed by atoms with van der Waals surface area (Å²) >= 11 is 0. The van der Waals surface area contributed by atoms with E-state index in [9.17, 15) is 0 Å². The summed E-state index contributed by atoms with van der Waals surface area (Å²) in [5, 5.41) is 0. The van der Waals surface area contributed by atoms with Crippen LogP contribution in [0.2, 0.25) is 0 Å². The summed E-state index contributed by atoms with van der Waals surface area (Å²) in [4.78, 5) is 8.87. The zero-order valence-electron chi connectivity index (χ0n) is 12.1. The predicted octanol–water partition coefficient (Wildman–Crippen LogP) is 1.18. The monoisotopic (exact) mass is 260 g/mol. The van der Waals surface area contributed by atoms with Crippen LogP contribution >= 0.6 is 0 Å². The molecule has 4 nitrogen and oxygen atoms in total. The number of hydrogen-bond acceptors (Lipinski definition) is 4. The number of likely N-dealkylation sites (N-methyl/N-ethyl adjacent to an activating group) is 1. The summed E-state index contributed by atoms with van der Waals surface area (Å²) in [6.45, 7) is 4.94. The van der Waals surface area contributed by atoms with Gasteiger partial charge in [0, 0.05) is 13.1 Å². The predicted molar refractivity (Wildman–Crippen MR) is 80.3 cm³/mol. The molecule has 1 aliphatic rings. The fourth-order valence-electron chi connectivity index (χ4n) is 2.57. The molecule has 0 amide bonds. The molecule has 0 saturated heterocycles. The van der Waals surface area contributed by atoms with Gasteiger partial charge in [-0.15, -0.1) is 0 Å². The van der Waals surface area contributed by atoms with Crippen LogP contribution in [0.15, 0.2) is 35.3 Å². The van der Waals surface area contributed by atoms with Crippen molar-refractivity contribution in [2.24, 2.45) is 10.7 Å². The molecule has 2 rings (SSSR count). The van der Waals surface area contributed by atoms with E-state index in [1.54, 1.807) is 0 Å². The van der Waals surface area contributed by atoms with Gasteiger partial charge >= 0.3 is 0 Å². The lowest BCUT2D eigenvalue weighted by Crippen LogP contribution is -2.52. The van der Waals surface area contributed by atoms with E-state index in [0.717, 1.165) is 26.1 Å². The third-order valence-electron chi connectivity index (χ3n) is 3.71. The van der Waals surface area contributed by atoms with Crippen LogP contribution in [0.25, 0.3) is 0 Å². The third-order valence-corrected chi connectivity index (χ3v) is 3.71. The molecular formula is C15H24N4. The summed E-state index contributed by atoms with van der Waals surface area (Å²) in [7, 11) is 4.16. The van der Waals surface area contributed by atoms with Gasteiger partial charge in [0.15, 0.2) is 5.96 Å². The maximum atomic E-state index is 6.05. The van der Waals surface area contributed by atoms with E-state index >= 15 is 0 Å². The highest BCUT2D eigenvalue weighted by Gasteiger charge is 2.37. The van der Waals surface area contributed by atoms with Crippen LogP contribution in [-0.2, 0) is 6.42 Å². The van der Waals surface area contributed by atoms with Crippen molar-refractivity contribution >= 4 is 5.96 Å².